The van der Waals surface area contributed by atoms with Crippen LogP contribution < -0.4 is 0 Å². The smallest absolute Gasteiger partial charge is 0.339 e. The number of carbonyl (C=O) groups excluding carboxylic acids is 2. The van der Waals surface area contributed by atoms with Crippen LogP contribution in [-0.4, -0.2) is 25.2 Å². The molecule has 4 nitrogen and oxygen atoms in total. The standard InChI is InChI=1S/C17H23BrO4/c1-5-21-16(19)13-9-12(4)15(18)10-14(13)17(20)22-8-6-7-11(2)3/h9-11H,5-8H2,1-4H3. The van der Waals surface area contributed by atoms with E-state index in [2.05, 4.69) is 29.8 Å². The first-order chi connectivity index (χ1) is 10.4. The Labute approximate surface area is 140 Å². The molecule has 1 rings (SSSR count). The second kappa shape index (κ2) is 8.93. The maximum atomic E-state index is 12.2. The van der Waals surface area contributed by atoms with Crippen LogP contribution in [0.1, 0.15) is 59.9 Å². The average molecular weight is 371 g/mol. The number of halogens is 1. The van der Waals surface area contributed by atoms with Gasteiger partial charge in [-0.2, -0.15) is 0 Å². The van der Waals surface area contributed by atoms with Crippen LogP contribution in [0.15, 0.2) is 16.6 Å². The minimum absolute atomic E-state index is 0.237. The van der Waals surface area contributed by atoms with Crippen molar-refractivity contribution in [3.05, 3.63) is 33.3 Å². The highest BCUT2D eigenvalue weighted by molar-refractivity contribution is 9.10. The van der Waals surface area contributed by atoms with Crippen LogP contribution in [0.5, 0.6) is 0 Å². The van der Waals surface area contributed by atoms with Gasteiger partial charge in [0.1, 0.15) is 0 Å². The lowest BCUT2D eigenvalue weighted by Crippen LogP contribution is -2.15. The first-order valence-electron chi connectivity index (χ1n) is 7.51. The molecule has 0 aromatic heterocycles. The zero-order valence-corrected chi connectivity index (χ0v) is 15.2. The fourth-order valence-corrected chi connectivity index (χ4v) is 2.31. The molecule has 0 aliphatic carbocycles. The Morgan fingerprint density at radius 3 is 2.32 bits per heavy atom. The Hall–Kier alpha value is -1.36. The summed E-state index contributed by atoms with van der Waals surface area (Å²) in [4.78, 5) is 24.2. The zero-order valence-electron chi connectivity index (χ0n) is 13.6. The number of aryl methyl sites for hydroxylation is 1. The maximum Gasteiger partial charge on any atom is 0.339 e. The summed E-state index contributed by atoms with van der Waals surface area (Å²) < 4.78 is 11.0. The van der Waals surface area contributed by atoms with Gasteiger partial charge < -0.3 is 9.47 Å². The molecule has 0 heterocycles. The van der Waals surface area contributed by atoms with Crippen LogP contribution in [0, 0.1) is 12.8 Å². The van der Waals surface area contributed by atoms with E-state index in [-0.39, 0.29) is 17.7 Å². The van der Waals surface area contributed by atoms with Crippen LogP contribution in [0.4, 0.5) is 0 Å². The molecule has 0 fully saturated rings. The van der Waals surface area contributed by atoms with Crippen molar-refractivity contribution >= 4 is 27.9 Å². The molecule has 0 N–H and O–H groups in total. The number of esters is 2. The molecule has 0 saturated carbocycles. The molecule has 0 atom stereocenters. The lowest BCUT2D eigenvalue weighted by atomic mass is 10.0. The van der Waals surface area contributed by atoms with Gasteiger partial charge in [0.15, 0.2) is 0 Å². The second-order valence-corrected chi connectivity index (χ2v) is 6.39. The Morgan fingerprint density at radius 2 is 1.73 bits per heavy atom. The van der Waals surface area contributed by atoms with Crippen LogP contribution in [0.3, 0.4) is 0 Å². The van der Waals surface area contributed by atoms with Crippen molar-refractivity contribution in [3.63, 3.8) is 0 Å². The number of benzene rings is 1. The van der Waals surface area contributed by atoms with E-state index >= 15 is 0 Å². The lowest BCUT2D eigenvalue weighted by molar-refractivity contribution is 0.0460. The van der Waals surface area contributed by atoms with E-state index < -0.39 is 11.9 Å². The SMILES string of the molecule is CCOC(=O)c1cc(C)c(Br)cc1C(=O)OCCCC(C)C. The number of rotatable bonds is 7. The second-order valence-electron chi connectivity index (χ2n) is 5.54. The Bertz CT molecular complexity index is 538. The number of hydrogen-bond acceptors (Lipinski definition) is 4. The molecule has 0 spiro atoms. The number of hydrogen-bond donors (Lipinski definition) is 0. The first-order valence-corrected chi connectivity index (χ1v) is 8.30. The topological polar surface area (TPSA) is 52.6 Å². The molecule has 0 unspecified atom stereocenters. The minimum atomic E-state index is -0.507. The molecular weight excluding hydrogens is 348 g/mol. The van der Waals surface area contributed by atoms with Gasteiger partial charge in [-0.05, 0) is 50.3 Å². The quantitative estimate of drug-likeness (QED) is 0.522. The monoisotopic (exact) mass is 370 g/mol. The third-order valence-electron chi connectivity index (χ3n) is 3.17. The van der Waals surface area contributed by atoms with E-state index in [1.165, 1.54) is 0 Å². The zero-order chi connectivity index (χ0) is 16.7. The maximum absolute atomic E-state index is 12.2. The molecule has 22 heavy (non-hydrogen) atoms. The molecular formula is C17H23BrO4. The fraction of sp³-hybridized carbons (Fsp3) is 0.529. The molecule has 5 heteroatoms. The van der Waals surface area contributed by atoms with Gasteiger partial charge in [-0.3, -0.25) is 0 Å². The van der Waals surface area contributed by atoms with Crippen LogP contribution >= 0.6 is 15.9 Å². The van der Waals surface area contributed by atoms with E-state index in [0.717, 1.165) is 22.9 Å². The van der Waals surface area contributed by atoms with Gasteiger partial charge in [-0.15, -0.1) is 0 Å². The molecule has 0 aliphatic heterocycles. The van der Waals surface area contributed by atoms with Crippen LogP contribution in [0.25, 0.3) is 0 Å². The van der Waals surface area contributed by atoms with E-state index in [1.807, 2.05) is 6.92 Å². The minimum Gasteiger partial charge on any atom is -0.462 e. The molecule has 1 aromatic carbocycles. The van der Waals surface area contributed by atoms with E-state index in [0.29, 0.717) is 12.5 Å². The van der Waals surface area contributed by atoms with Crippen molar-refractivity contribution in [1.29, 1.82) is 0 Å². The van der Waals surface area contributed by atoms with Crippen molar-refractivity contribution in [2.45, 2.75) is 40.5 Å². The highest BCUT2D eigenvalue weighted by atomic mass is 79.9. The highest BCUT2D eigenvalue weighted by Crippen LogP contribution is 2.23. The molecule has 122 valence electrons. The summed E-state index contributed by atoms with van der Waals surface area (Å²) >= 11 is 3.38. The number of carbonyl (C=O) groups is 2. The third-order valence-corrected chi connectivity index (χ3v) is 4.03. The van der Waals surface area contributed by atoms with Crippen molar-refractivity contribution in [2.75, 3.05) is 13.2 Å². The first kappa shape index (κ1) is 18.7. The molecule has 0 saturated heterocycles. The summed E-state index contributed by atoms with van der Waals surface area (Å²) in [6.07, 6.45) is 1.81. The summed E-state index contributed by atoms with van der Waals surface area (Å²) in [5, 5.41) is 0. The predicted octanol–water partition coefficient (Wildman–Crippen LogP) is 4.53. The number of ether oxygens (including phenoxy) is 2. The molecule has 0 amide bonds. The van der Waals surface area contributed by atoms with Gasteiger partial charge in [0, 0.05) is 4.47 Å². The van der Waals surface area contributed by atoms with Crippen molar-refractivity contribution in [3.8, 4) is 0 Å². The Morgan fingerprint density at radius 1 is 1.14 bits per heavy atom. The lowest BCUT2D eigenvalue weighted by Gasteiger charge is -2.12. The average Bonchev–Trinajstić information content (AvgIpc) is 2.45. The summed E-state index contributed by atoms with van der Waals surface area (Å²) in [5.74, 6) is -0.429. The summed E-state index contributed by atoms with van der Waals surface area (Å²) in [7, 11) is 0. The Balaban J connectivity index is 2.89. The Kier molecular flexibility index (Phi) is 7.59. The van der Waals surface area contributed by atoms with E-state index in [1.54, 1.807) is 19.1 Å². The summed E-state index contributed by atoms with van der Waals surface area (Å²) in [6, 6.07) is 3.26. The van der Waals surface area contributed by atoms with Crippen molar-refractivity contribution in [1.82, 2.24) is 0 Å². The van der Waals surface area contributed by atoms with Crippen molar-refractivity contribution < 1.29 is 19.1 Å². The van der Waals surface area contributed by atoms with E-state index in [9.17, 15) is 9.59 Å². The van der Waals surface area contributed by atoms with Gasteiger partial charge in [0.05, 0.1) is 24.3 Å². The predicted molar refractivity (Wildman–Crippen MR) is 89.2 cm³/mol. The fourth-order valence-electron chi connectivity index (χ4n) is 1.96. The molecule has 0 aliphatic rings. The van der Waals surface area contributed by atoms with E-state index in [4.69, 9.17) is 9.47 Å². The summed E-state index contributed by atoms with van der Waals surface area (Å²) in [6.45, 7) is 8.44. The third kappa shape index (κ3) is 5.44. The highest BCUT2D eigenvalue weighted by Gasteiger charge is 2.21. The molecule has 0 radical (unpaired) electrons. The van der Waals surface area contributed by atoms with Gasteiger partial charge in [-0.1, -0.05) is 29.8 Å². The van der Waals surface area contributed by atoms with Gasteiger partial charge in [-0.25, -0.2) is 9.59 Å². The van der Waals surface area contributed by atoms with Gasteiger partial charge in [0.2, 0.25) is 0 Å². The van der Waals surface area contributed by atoms with Crippen molar-refractivity contribution in [2.24, 2.45) is 5.92 Å². The van der Waals surface area contributed by atoms with Crippen LogP contribution in [0.2, 0.25) is 0 Å². The van der Waals surface area contributed by atoms with Gasteiger partial charge >= 0.3 is 11.9 Å². The van der Waals surface area contributed by atoms with Gasteiger partial charge in [0.25, 0.3) is 0 Å². The normalized spacial score (nSPS) is 10.6. The molecule has 1 aromatic rings. The molecule has 0 bridgehead atoms. The largest absolute Gasteiger partial charge is 0.462 e. The summed E-state index contributed by atoms with van der Waals surface area (Å²) in [5.41, 5.74) is 1.34. The van der Waals surface area contributed by atoms with Crippen LogP contribution in [-0.2, 0) is 9.47 Å².